The predicted molar refractivity (Wildman–Crippen MR) is 76.5 cm³/mol. The zero-order valence-electron chi connectivity index (χ0n) is 11.9. The molecule has 2 heterocycles. The third kappa shape index (κ3) is 4.21. The maximum Gasteiger partial charge on any atom is 0.243 e. The number of fused-ring (bicyclic) bond motifs is 1. The van der Waals surface area contributed by atoms with Crippen LogP contribution < -0.4 is 5.32 Å². The molecule has 1 N–H and O–H groups in total. The lowest BCUT2D eigenvalue weighted by atomic mass is 10.3. The van der Waals surface area contributed by atoms with Crippen molar-refractivity contribution >= 4 is 11.6 Å². The van der Waals surface area contributed by atoms with Crippen molar-refractivity contribution in [1.82, 2.24) is 14.6 Å². The molecule has 0 bridgehead atoms. The number of pyridine rings is 1. The van der Waals surface area contributed by atoms with Gasteiger partial charge in [0.05, 0.1) is 6.10 Å². The van der Waals surface area contributed by atoms with Crippen molar-refractivity contribution in [2.24, 2.45) is 0 Å². The summed E-state index contributed by atoms with van der Waals surface area (Å²) in [6.07, 6.45) is 4.40. The van der Waals surface area contributed by atoms with Gasteiger partial charge in [-0.1, -0.05) is 6.07 Å². The Morgan fingerprint density at radius 1 is 1.32 bits per heavy atom. The Hall–Kier alpha value is -1.62. The van der Waals surface area contributed by atoms with Gasteiger partial charge in [0.25, 0.3) is 0 Å². The summed E-state index contributed by atoms with van der Waals surface area (Å²) in [5, 5.41) is 7.63. The summed E-state index contributed by atoms with van der Waals surface area (Å²) in [7, 11) is 0. The zero-order valence-corrected chi connectivity index (χ0v) is 11.9. The molecule has 5 heteroatoms. The summed E-state index contributed by atoms with van der Waals surface area (Å²) in [6.45, 7) is 7.85. The van der Waals surface area contributed by atoms with Crippen molar-refractivity contribution in [1.29, 1.82) is 0 Å². The van der Waals surface area contributed by atoms with E-state index in [-0.39, 0.29) is 0 Å². The lowest BCUT2D eigenvalue weighted by molar-refractivity contribution is 0.0765. The van der Waals surface area contributed by atoms with E-state index in [1.165, 1.54) is 5.56 Å². The number of nitrogens with one attached hydrogen (secondary N) is 1. The van der Waals surface area contributed by atoms with Crippen LogP contribution in [0.15, 0.2) is 18.3 Å². The molecule has 2 aromatic rings. The largest absolute Gasteiger partial charge is 0.379 e. The van der Waals surface area contributed by atoms with Crippen molar-refractivity contribution in [3.63, 3.8) is 0 Å². The second-order valence-corrected chi connectivity index (χ2v) is 5.00. The Morgan fingerprint density at radius 2 is 2.16 bits per heavy atom. The molecule has 0 saturated carbocycles. The van der Waals surface area contributed by atoms with Gasteiger partial charge in [-0.25, -0.2) is 4.52 Å². The Labute approximate surface area is 114 Å². The average molecular weight is 262 g/mol. The maximum absolute atomic E-state index is 5.49. The minimum Gasteiger partial charge on any atom is -0.379 e. The van der Waals surface area contributed by atoms with Crippen molar-refractivity contribution in [3.8, 4) is 0 Å². The number of hydrogen-bond acceptors (Lipinski definition) is 4. The summed E-state index contributed by atoms with van der Waals surface area (Å²) in [4.78, 5) is 4.41. The third-order valence-electron chi connectivity index (χ3n) is 2.78. The minimum atomic E-state index is 0.316. The highest BCUT2D eigenvalue weighted by molar-refractivity contribution is 5.43. The summed E-state index contributed by atoms with van der Waals surface area (Å²) >= 11 is 0. The predicted octanol–water partition coefficient (Wildman–Crippen LogP) is 2.65. The first-order valence-electron chi connectivity index (χ1n) is 6.83. The fourth-order valence-electron chi connectivity index (χ4n) is 1.81. The van der Waals surface area contributed by atoms with Crippen molar-refractivity contribution in [2.45, 2.75) is 39.7 Å². The molecule has 0 aliphatic heterocycles. The number of ether oxygens (including phenoxy) is 1. The number of aryl methyl sites for hydroxylation is 1. The van der Waals surface area contributed by atoms with Crippen LogP contribution in [-0.4, -0.2) is 33.9 Å². The molecule has 19 heavy (non-hydrogen) atoms. The van der Waals surface area contributed by atoms with Gasteiger partial charge < -0.3 is 10.1 Å². The van der Waals surface area contributed by atoms with Crippen LogP contribution in [-0.2, 0) is 4.74 Å². The molecule has 0 atom stereocenters. The van der Waals surface area contributed by atoms with E-state index in [9.17, 15) is 0 Å². The topological polar surface area (TPSA) is 51.5 Å². The molecule has 5 nitrogen and oxygen atoms in total. The van der Waals surface area contributed by atoms with Gasteiger partial charge >= 0.3 is 0 Å². The van der Waals surface area contributed by atoms with Gasteiger partial charge in [-0.2, -0.15) is 4.98 Å². The van der Waals surface area contributed by atoms with E-state index in [2.05, 4.69) is 29.2 Å². The average Bonchev–Trinajstić information content (AvgIpc) is 2.75. The van der Waals surface area contributed by atoms with Crippen LogP contribution in [0.25, 0.3) is 5.65 Å². The Balaban J connectivity index is 1.75. The number of rotatable bonds is 7. The quantitative estimate of drug-likeness (QED) is 0.779. The number of anilines is 1. The highest BCUT2D eigenvalue weighted by Gasteiger charge is 2.02. The van der Waals surface area contributed by atoms with Crippen molar-refractivity contribution < 1.29 is 4.74 Å². The van der Waals surface area contributed by atoms with E-state index in [0.29, 0.717) is 12.1 Å². The van der Waals surface area contributed by atoms with Crippen LogP contribution in [0.1, 0.15) is 32.3 Å². The molecule has 0 radical (unpaired) electrons. The molecule has 0 amide bonds. The Kier molecular flexibility index (Phi) is 4.74. The molecule has 2 aromatic heterocycles. The zero-order chi connectivity index (χ0) is 13.7. The van der Waals surface area contributed by atoms with Gasteiger partial charge in [-0.15, -0.1) is 5.10 Å². The van der Waals surface area contributed by atoms with Gasteiger partial charge in [-0.3, -0.25) is 0 Å². The number of unbranched alkanes of at least 4 members (excludes halogenated alkanes) is 1. The highest BCUT2D eigenvalue weighted by atomic mass is 16.5. The van der Waals surface area contributed by atoms with Crippen molar-refractivity contribution in [3.05, 3.63) is 23.9 Å². The fourth-order valence-corrected chi connectivity index (χ4v) is 1.81. The fraction of sp³-hybridized carbons (Fsp3) is 0.571. The van der Waals surface area contributed by atoms with Gasteiger partial charge in [0.1, 0.15) is 0 Å². The van der Waals surface area contributed by atoms with Crippen LogP contribution in [0.3, 0.4) is 0 Å². The van der Waals surface area contributed by atoms with Crippen LogP contribution in [0.2, 0.25) is 0 Å². The summed E-state index contributed by atoms with van der Waals surface area (Å²) in [5.41, 5.74) is 2.05. The molecule has 0 aromatic carbocycles. The van der Waals surface area contributed by atoms with Gasteiger partial charge in [0.15, 0.2) is 5.65 Å². The van der Waals surface area contributed by atoms with Gasteiger partial charge in [0.2, 0.25) is 5.95 Å². The number of aromatic nitrogens is 3. The van der Waals surface area contributed by atoms with E-state index in [1.54, 1.807) is 4.52 Å². The summed E-state index contributed by atoms with van der Waals surface area (Å²) < 4.78 is 7.30. The van der Waals surface area contributed by atoms with E-state index >= 15 is 0 Å². The molecule has 0 spiro atoms. The van der Waals surface area contributed by atoms with Crippen LogP contribution in [0, 0.1) is 6.92 Å². The molecular weight excluding hydrogens is 240 g/mol. The van der Waals surface area contributed by atoms with Gasteiger partial charge in [-0.05, 0) is 45.2 Å². The molecule has 0 unspecified atom stereocenters. The number of nitrogens with zero attached hydrogens (tertiary/aromatic N) is 3. The van der Waals surface area contributed by atoms with E-state index in [4.69, 9.17) is 4.74 Å². The van der Waals surface area contributed by atoms with Crippen LogP contribution in [0.5, 0.6) is 0 Å². The highest BCUT2D eigenvalue weighted by Crippen LogP contribution is 2.07. The smallest absolute Gasteiger partial charge is 0.243 e. The first kappa shape index (κ1) is 13.8. The molecule has 0 aliphatic carbocycles. The second-order valence-electron chi connectivity index (χ2n) is 5.00. The molecule has 104 valence electrons. The molecule has 2 rings (SSSR count). The third-order valence-corrected chi connectivity index (χ3v) is 2.78. The first-order valence-corrected chi connectivity index (χ1v) is 6.83. The maximum atomic E-state index is 5.49. The van der Waals surface area contributed by atoms with E-state index in [1.807, 2.05) is 25.3 Å². The summed E-state index contributed by atoms with van der Waals surface area (Å²) in [6, 6.07) is 4.01. The molecule has 0 aliphatic rings. The van der Waals surface area contributed by atoms with Gasteiger partial charge in [0, 0.05) is 19.3 Å². The molecular formula is C14H22N4O. The lowest BCUT2D eigenvalue weighted by Gasteiger charge is -2.06. The lowest BCUT2D eigenvalue weighted by Crippen LogP contribution is -2.07. The Morgan fingerprint density at radius 3 is 2.95 bits per heavy atom. The van der Waals surface area contributed by atoms with Crippen LogP contribution in [0.4, 0.5) is 5.95 Å². The first-order chi connectivity index (χ1) is 9.15. The summed E-state index contributed by atoms with van der Waals surface area (Å²) in [5.74, 6) is 0.690. The second kappa shape index (κ2) is 6.52. The Bertz CT molecular complexity index is 521. The SMILES string of the molecule is Cc1ccc2nc(NCCCCOC(C)C)nn2c1. The van der Waals surface area contributed by atoms with Crippen LogP contribution >= 0.6 is 0 Å². The van der Waals surface area contributed by atoms with E-state index in [0.717, 1.165) is 31.6 Å². The minimum absolute atomic E-state index is 0.316. The van der Waals surface area contributed by atoms with Crippen molar-refractivity contribution in [2.75, 3.05) is 18.5 Å². The standard InChI is InChI=1S/C14H22N4O/c1-11(2)19-9-5-4-8-15-14-16-13-7-6-12(3)10-18(13)17-14/h6-7,10-11H,4-5,8-9H2,1-3H3,(H,15,17). The van der Waals surface area contributed by atoms with E-state index < -0.39 is 0 Å². The molecule has 0 saturated heterocycles. The molecule has 0 fully saturated rings. The monoisotopic (exact) mass is 262 g/mol. The number of hydrogen-bond donors (Lipinski definition) is 1. The normalized spacial score (nSPS) is 11.4.